The fourth-order valence-corrected chi connectivity index (χ4v) is 3.99. The largest absolute Gasteiger partial charge is 0.392 e. The van der Waals surface area contributed by atoms with E-state index in [9.17, 15) is 5.11 Å². The Morgan fingerprint density at radius 3 is 2.34 bits per heavy atom. The number of hydrogen-bond acceptors (Lipinski definition) is 5. The average molecular weight is 397 g/mol. The highest BCUT2D eigenvalue weighted by atomic mass is 16.3. The van der Waals surface area contributed by atoms with Gasteiger partial charge in [-0.3, -0.25) is 4.90 Å². The summed E-state index contributed by atoms with van der Waals surface area (Å²) in [6.07, 6.45) is 0.603. The molecule has 0 aliphatic carbocycles. The average Bonchev–Trinajstić information content (AvgIpc) is 2.67. The summed E-state index contributed by atoms with van der Waals surface area (Å²) in [5.41, 5.74) is 6.26. The van der Waals surface area contributed by atoms with Gasteiger partial charge >= 0.3 is 0 Å². The lowest BCUT2D eigenvalue weighted by Gasteiger charge is -2.37. The first kappa shape index (κ1) is 21.7. The van der Waals surface area contributed by atoms with Crippen LogP contribution >= 0.6 is 0 Å². The molecule has 1 atom stereocenters. The second-order valence-corrected chi connectivity index (χ2v) is 8.86. The van der Waals surface area contributed by atoms with Gasteiger partial charge in [-0.25, -0.2) is 9.97 Å². The molecule has 5 heteroatoms. The van der Waals surface area contributed by atoms with E-state index in [1.807, 2.05) is 6.92 Å². The molecule has 2 aromatic rings. The van der Waals surface area contributed by atoms with E-state index in [1.54, 1.807) is 0 Å². The topological polar surface area (TPSA) is 52.5 Å². The number of β-amino-alcohol motifs (C(OH)–C–C–N with tert-alkyl or cyclic N) is 1. The molecule has 1 aliphatic rings. The van der Waals surface area contributed by atoms with Gasteiger partial charge in [-0.2, -0.15) is 0 Å². The quantitative estimate of drug-likeness (QED) is 0.811. The van der Waals surface area contributed by atoms with Crippen molar-refractivity contribution in [1.29, 1.82) is 0 Å². The summed E-state index contributed by atoms with van der Waals surface area (Å²) >= 11 is 0. The lowest BCUT2D eigenvalue weighted by atomic mass is 9.97. The van der Waals surface area contributed by atoms with Crippen LogP contribution in [0.15, 0.2) is 18.2 Å². The summed E-state index contributed by atoms with van der Waals surface area (Å²) in [6, 6.07) is 6.65. The molecule has 0 spiro atoms. The van der Waals surface area contributed by atoms with Gasteiger partial charge < -0.3 is 10.0 Å². The van der Waals surface area contributed by atoms with Crippen LogP contribution in [-0.4, -0.2) is 58.8 Å². The first-order valence-electron chi connectivity index (χ1n) is 10.8. The molecule has 1 fully saturated rings. The number of aliphatic hydroxyl groups is 1. The van der Waals surface area contributed by atoms with Crippen molar-refractivity contribution in [2.24, 2.45) is 5.92 Å². The minimum atomic E-state index is -0.259. The Morgan fingerprint density at radius 1 is 1.00 bits per heavy atom. The summed E-state index contributed by atoms with van der Waals surface area (Å²) in [5.74, 6) is 2.21. The maximum absolute atomic E-state index is 10.2. The van der Waals surface area contributed by atoms with Crippen LogP contribution in [0.1, 0.15) is 47.6 Å². The molecule has 0 amide bonds. The maximum Gasteiger partial charge on any atom is 0.136 e. The lowest BCUT2D eigenvalue weighted by Crippen LogP contribution is -2.49. The molecule has 29 heavy (non-hydrogen) atoms. The van der Waals surface area contributed by atoms with Gasteiger partial charge in [0.25, 0.3) is 0 Å². The number of piperazine rings is 1. The maximum atomic E-state index is 10.2. The third-order valence-corrected chi connectivity index (χ3v) is 6.06. The number of hydrogen-bond donors (Lipinski definition) is 1. The monoisotopic (exact) mass is 396 g/mol. The van der Waals surface area contributed by atoms with Crippen molar-refractivity contribution in [2.45, 2.75) is 54.1 Å². The second kappa shape index (κ2) is 9.23. The van der Waals surface area contributed by atoms with Gasteiger partial charge in [-0.1, -0.05) is 37.6 Å². The number of aryl methyl sites for hydroxylation is 4. The molecule has 1 aliphatic heterocycles. The third-order valence-electron chi connectivity index (χ3n) is 6.06. The van der Waals surface area contributed by atoms with Crippen molar-refractivity contribution in [1.82, 2.24) is 14.9 Å². The van der Waals surface area contributed by atoms with Crippen LogP contribution in [0.5, 0.6) is 0 Å². The van der Waals surface area contributed by atoms with E-state index >= 15 is 0 Å². The van der Waals surface area contributed by atoms with Gasteiger partial charge in [-0.05, 0) is 44.7 Å². The van der Waals surface area contributed by atoms with Crippen molar-refractivity contribution in [2.75, 3.05) is 37.6 Å². The van der Waals surface area contributed by atoms with Crippen molar-refractivity contribution < 1.29 is 5.11 Å². The molecule has 1 N–H and O–H groups in total. The minimum Gasteiger partial charge on any atom is -0.392 e. The molecule has 1 aromatic heterocycles. The molecule has 3 rings (SSSR count). The van der Waals surface area contributed by atoms with E-state index in [4.69, 9.17) is 4.98 Å². The molecular weight excluding hydrogens is 360 g/mol. The predicted molar refractivity (Wildman–Crippen MR) is 120 cm³/mol. The van der Waals surface area contributed by atoms with Crippen LogP contribution in [0.25, 0.3) is 0 Å². The zero-order valence-corrected chi connectivity index (χ0v) is 18.9. The van der Waals surface area contributed by atoms with E-state index in [2.05, 4.69) is 67.6 Å². The van der Waals surface area contributed by atoms with Gasteiger partial charge in [0.15, 0.2) is 0 Å². The fourth-order valence-electron chi connectivity index (χ4n) is 3.99. The summed E-state index contributed by atoms with van der Waals surface area (Å²) < 4.78 is 0. The van der Waals surface area contributed by atoms with Gasteiger partial charge in [0.1, 0.15) is 11.6 Å². The Kier molecular flexibility index (Phi) is 6.91. The van der Waals surface area contributed by atoms with E-state index in [1.165, 1.54) is 22.3 Å². The molecule has 2 heterocycles. The highest BCUT2D eigenvalue weighted by Gasteiger charge is 2.24. The van der Waals surface area contributed by atoms with Gasteiger partial charge in [0.2, 0.25) is 0 Å². The zero-order valence-electron chi connectivity index (χ0n) is 18.9. The van der Waals surface area contributed by atoms with Gasteiger partial charge in [0.05, 0.1) is 6.10 Å². The van der Waals surface area contributed by atoms with Crippen LogP contribution < -0.4 is 4.90 Å². The van der Waals surface area contributed by atoms with Gasteiger partial charge in [0, 0.05) is 50.4 Å². The summed E-state index contributed by atoms with van der Waals surface area (Å²) in [5, 5.41) is 10.2. The second-order valence-electron chi connectivity index (χ2n) is 8.86. The van der Waals surface area contributed by atoms with Crippen LogP contribution in [0, 0.1) is 33.6 Å². The highest BCUT2D eigenvalue weighted by molar-refractivity contribution is 5.52. The zero-order chi connectivity index (χ0) is 21.1. The molecule has 0 bridgehead atoms. The number of rotatable bonds is 6. The number of anilines is 1. The van der Waals surface area contributed by atoms with E-state index in [-0.39, 0.29) is 6.10 Å². The number of aliphatic hydroxyl groups excluding tert-OH is 1. The number of benzene rings is 1. The van der Waals surface area contributed by atoms with Gasteiger partial charge in [-0.15, -0.1) is 0 Å². The summed E-state index contributed by atoms with van der Waals surface area (Å²) in [4.78, 5) is 14.3. The Balaban J connectivity index is 1.80. The number of nitrogens with zero attached hydrogens (tertiary/aromatic N) is 4. The molecule has 158 valence electrons. The van der Waals surface area contributed by atoms with E-state index in [0.717, 1.165) is 56.5 Å². The molecule has 0 radical (unpaired) electrons. The normalized spacial score (nSPS) is 16.5. The first-order valence-corrected chi connectivity index (χ1v) is 10.8. The van der Waals surface area contributed by atoms with Crippen molar-refractivity contribution in [3.63, 3.8) is 0 Å². The first-order chi connectivity index (χ1) is 13.7. The van der Waals surface area contributed by atoms with Crippen molar-refractivity contribution in [3.8, 4) is 0 Å². The van der Waals surface area contributed by atoms with Crippen LogP contribution in [-0.2, 0) is 6.42 Å². The summed E-state index contributed by atoms with van der Waals surface area (Å²) in [7, 11) is 0. The highest BCUT2D eigenvalue weighted by Crippen LogP contribution is 2.26. The van der Waals surface area contributed by atoms with E-state index < -0.39 is 0 Å². The molecule has 1 saturated heterocycles. The molecule has 5 nitrogen and oxygen atoms in total. The third kappa shape index (κ3) is 5.34. The Morgan fingerprint density at radius 2 is 1.69 bits per heavy atom. The summed E-state index contributed by atoms with van der Waals surface area (Å²) in [6.45, 7) is 17.1. The van der Waals surface area contributed by atoms with Crippen LogP contribution in [0.2, 0.25) is 0 Å². The SMILES string of the molecule is Cc1ccc(C)c(Cc2c(C)nc(C)nc2N2CCN(CC(O)C(C)C)CC2)c1. The van der Waals surface area contributed by atoms with Crippen LogP contribution in [0.3, 0.4) is 0 Å². The van der Waals surface area contributed by atoms with Crippen molar-refractivity contribution >= 4 is 5.82 Å². The smallest absolute Gasteiger partial charge is 0.136 e. The molecule has 1 aromatic carbocycles. The Labute approximate surface area is 175 Å². The predicted octanol–water partition coefficient (Wildman–Crippen LogP) is 3.44. The molecular formula is C24H36N4O. The Bertz CT molecular complexity index is 841. The van der Waals surface area contributed by atoms with Crippen LogP contribution in [0.4, 0.5) is 5.82 Å². The van der Waals surface area contributed by atoms with Crippen molar-refractivity contribution in [3.05, 3.63) is 52.0 Å². The standard InChI is InChI=1S/C24H36N4O/c1-16(2)23(29)15-27-9-11-28(12-10-27)24-22(19(5)25-20(6)26-24)14-21-13-17(3)7-8-18(21)4/h7-8,13,16,23,29H,9-12,14-15H2,1-6H3. The minimum absolute atomic E-state index is 0.259. The Hall–Kier alpha value is -1.98. The molecule has 1 unspecified atom stereocenters. The lowest BCUT2D eigenvalue weighted by molar-refractivity contribution is 0.0738. The fraction of sp³-hybridized carbons (Fsp3) is 0.583. The number of aromatic nitrogens is 2. The molecule has 0 saturated carbocycles. The van der Waals surface area contributed by atoms with E-state index in [0.29, 0.717) is 5.92 Å².